The molecular weight excluding hydrogens is 412 g/mol. The molecule has 5 aromatic rings. The second-order valence-electron chi connectivity index (χ2n) is 8.59. The summed E-state index contributed by atoms with van der Waals surface area (Å²) in [5.74, 6) is 1.38. The molecule has 0 bridgehead atoms. The molecule has 3 heterocycles. The summed E-state index contributed by atoms with van der Waals surface area (Å²) in [6.07, 6.45) is 5.12. The lowest BCUT2D eigenvalue weighted by Gasteiger charge is -2.05. The first-order valence-corrected chi connectivity index (χ1v) is 11.4. The van der Waals surface area contributed by atoms with Crippen molar-refractivity contribution in [3.05, 3.63) is 95.6 Å². The fourth-order valence-corrected chi connectivity index (χ4v) is 4.33. The fourth-order valence-electron chi connectivity index (χ4n) is 4.33. The van der Waals surface area contributed by atoms with Crippen molar-refractivity contribution in [2.24, 2.45) is 0 Å². The Hall–Kier alpha value is -4.00. The number of amides is 1. The number of para-hydroxylation sites is 1. The summed E-state index contributed by atoms with van der Waals surface area (Å²) in [5, 5.41) is 16.9. The summed E-state index contributed by atoms with van der Waals surface area (Å²) in [5.41, 5.74) is 4.81. The van der Waals surface area contributed by atoms with Crippen LogP contribution in [0.2, 0.25) is 0 Å². The van der Waals surface area contributed by atoms with Gasteiger partial charge in [-0.15, -0.1) is 10.2 Å². The summed E-state index contributed by atoms with van der Waals surface area (Å²) < 4.78 is 3.85. The molecule has 33 heavy (non-hydrogen) atoms. The number of rotatable bonds is 7. The maximum Gasteiger partial charge on any atom is 0.272 e. The Labute approximate surface area is 191 Å². The predicted molar refractivity (Wildman–Crippen MR) is 126 cm³/mol. The number of hydrogen-bond donors (Lipinski definition) is 1. The minimum Gasteiger partial charge on any atom is -0.350 e. The highest BCUT2D eigenvalue weighted by molar-refractivity contribution is 6.04. The zero-order valence-electron chi connectivity index (χ0n) is 18.2. The Bertz CT molecular complexity index is 1450. The molecule has 1 aliphatic rings. The van der Waals surface area contributed by atoms with E-state index in [9.17, 15) is 4.79 Å². The van der Waals surface area contributed by atoms with Crippen molar-refractivity contribution in [1.82, 2.24) is 29.7 Å². The minimum absolute atomic E-state index is 0.178. The van der Waals surface area contributed by atoms with Gasteiger partial charge in [0, 0.05) is 24.5 Å². The Morgan fingerprint density at radius 1 is 0.970 bits per heavy atom. The first kappa shape index (κ1) is 19.7. The molecule has 0 saturated heterocycles. The van der Waals surface area contributed by atoms with Crippen molar-refractivity contribution in [3.8, 4) is 0 Å². The summed E-state index contributed by atoms with van der Waals surface area (Å²) >= 11 is 0. The minimum atomic E-state index is -0.178. The molecule has 0 aliphatic heterocycles. The van der Waals surface area contributed by atoms with E-state index in [4.69, 9.17) is 5.10 Å². The third-order valence-corrected chi connectivity index (χ3v) is 6.25. The summed E-state index contributed by atoms with van der Waals surface area (Å²) in [7, 11) is 0. The molecule has 164 valence electrons. The van der Waals surface area contributed by atoms with E-state index in [1.165, 1.54) is 24.0 Å². The summed E-state index contributed by atoms with van der Waals surface area (Å²) in [6.45, 7) is 1.09. The van der Waals surface area contributed by atoms with Crippen molar-refractivity contribution in [3.63, 3.8) is 0 Å². The maximum atomic E-state index is 13.0. The standard InChI is InChI=1S/C26H24N6O/c33-26(27-15-14-24-29-28-23-7-3-4-16-31(23)24)25-21-5-1-2-6-22(21)32(30-25)17-18-8-10-19(11-9-18)20-12-13-20/h1-11,16,20H,12-15,17H2,(H,27,33). The van der Waals surface area contributed by atoms with E-state index < -0.39 is 0 Å². The number of fused-ring (bicyclic) bond motifs is 2. The van der Waals surface area contributed by atoms with Crippen LogP contribution >= 0.6 is 0 Å². The van der Waals surface area contributed by atoms with E-state index in [1.54, 1.807) is 0 Å². The highest BCUT2D eigenvalue weighted by atomic mass is 16.1. The van der Waals surface area contributed by atoms with E-state index in [2.05, 4.69) is 39.8 Å². The van der Waals surface area contributed by atoms with Gasteiger partial charge in [0.2, 0.25) is 0 Å². The first-order valence-electron chi connectivity index (χ1n) is 11.4. The Balaban J connectivity index is 1.19. The number of benzene rings is 2. The van der Waals surface area contributed by atoms with Gasteiger partial charge >= 0.3 is 0 Å². The molecule has 3 aromatic heterocycles. The number of aromatic nitrogens is 5. The number of pyridine rings is 1. The average molecular weight is 437 g/mol. The van der Waals surface area contributed by atoms with E-state index in [1.807, 2.05) is 57.7 Å². The quantitative estimate of drug-likeness (QED) is 0.419. The number of carbonyl (C=O) groups is 1. The lowest BCUT2D eigenvalue weighted by molar-refractivity contribution is 0.0949. The summed E-state index contributed by atoms with van der Waals surface area (Å²) in [6, 6.07) is 22.5. The molecule has 1 amide bonds. The van der Waals surface area contributed by atoms with Crippen molar-refractivity contribution in [1.29, 1.82) is 0 Å². The van der Waals surface area contributed by atoms with Crippen LogP contribution in [0, 0.1) is 0 Å². The van der Waals surface area contributed by atoms with E-state index in [0.29, 0.717) is 25.2 Å². The Kier molecular flexibility index (Phi) is 4.87. The van der Waals surface area contributed by atoms with Crippen LogP contribution < -0.4 is 5.32 Å². The van der Waals surface area contributed by atoms with Gasteiger partial charge in [0.25, 0.3) is 5.91 Å². The zero-order chi connectivity index (χ0) is 22.2. The van der Waals surface area contributed by atoms with Gasteiger partial charge in [-0.2, -0.15) is 5.10 Å². The molecule has 7 nitrogen and oxygen atoms in total. The normalized spacial score (nSPS) is 13.6. The van der Waals surface area contributed by atoms with Crippen LogP contribution in [0.4, 0.5) is 0 Å². The molecule has 1 saturated carbocycles. The molecular formula is C26H24N6O. The molecule has 1 fully saturated rings. The van der Waals surface area contributed by atoms with Gasteiger partial charge in [-0.1, -0.05) is 48.5 Å². The SMILES string of the molecule is O=C(NCCc1nnc2ccccn12)c1nn(Cc2ccc(C3CC3)cc2)c2ccccc12. The van der Waals surface area contributed by atoms with Crippen molar-refractivity contribution in [2.45, 2.75) is 31.7 Å². The number of hydrogen-bond acceptors (Lipinski definition) is 4. The van der Waals surface area contributed by atoms with Crippen LogP contribution in [-0.4, -0.2) is 36.8 Å². The van der Waals surface area contributed by atoms with Gasteiger partial charge in [0.1, 0.15) is 5.82 Å². The third-order valence-electron chi connectivity index (χ3n) is 6.25. The first-order chi connectivity index (χ1) is 16.3. The smallest absolute Gasteiger partial charge is 0.272 e. The van der Waals surface area contributed by atoms with Gasteiger partial charge in [0.05, 0.1) is 12.1 Å². The van der Waals surface area contributed by atoms with Gasteiger partial charge < -0.3 is 5.32 Å². The highest BCUT2D eigenvalue weighted by Gasteiger charge is 2.23. The monoisotopic (exact) mass is 436 g/mol. The van der Waals surface area contributed by atoms with Crippen LogP contribution in [0.3, 0.4) is 0 Å². The van der Waals surface area contributed by atoms with Crippen LogP contribution in [0.25, 0.3) is 16.6 Å². The molecule has 1 N–H and O–H groups in total. The second-order valence-corrected chi connectivity index (χ2v) is 8.59. The molecule has 0 atom stereocenters. The molecule has 0 unspecified atom stereocenters. The predicted octanol–water partition coefficient (Wildman–Crippen LogP) is 3.98. The van der Waals surface area contributed by atoms with E-state index in [-0.39, 0.29) is 5.91 Å². The number of nitrogens with zero attached hydrogens (tertiary/aromatic N) is 5. The van der Waals surface area contributed by atoms with Gasteiger partial charge in [0.15, 0.2) is 11.3 Å². The van der Waals surface area contributed by atoms with E-state index in [0.717, 1.165) is 28.3 Å². The van der Waals surface area contributed by atoms with Crippen LogP contribution in [0.1, 0.15) is 46.2 Å². The lowest BCUT2D eigenvalue weighted by Crippen LogP contribution is -2.27. The van der Waals surface area contributed by atoms with Gasteiger partial charge in [-0.05, 0) is 48.1 Å². The van der Waals surface area contributed by atoms with Crippen LogP contribution in [0.5, 0.6) is 0 Å². The third kappa shape index (κ3) is 3.86. The fraction of sp³-hybridized carbons (Fsp3) is 0.231. The van der Waals surface area contributed by atoms with Crippen molar-refractivity contribution in [2.75, 3.05) is 6.54 Å². The Morgan fingerprint density at radius 2 is 1.79 bits per heavy atom. The van der Waals surface area contributed by atoms with Crippen molar-refractivity contribution >= 4 is 22.5 Å². The van der Waals surface area contributed by atoms with Crippen LogP contribution in [-0.2, 0) is 13.0 Å². The molecule has 1 aliphatic carbocycles. The largest absolute Gasteiger partial charge is 0.350 e. The van der Waals surface area contributed by atoms with Gasteiger partial charge in [-0.25, -0.2) is 0 Å². The molecule has 6 rings (SSSR count). The topological polar surface area (TPSA) is 77.1 Å². The van der Waals surface area contributed by atoms with Crippen molar-refractivity contribution < 1.29 is 4.79 Å². The second kappa shape index (κ2) is 8.16. The Morgan fingerprint density at radius 3 is 2.64 bits per heavy atom. The average Bonchev–Trinajstić information content (AvgIpc) is 3.53. The zero-order valence-corrected chi connectivity index (χ0v) is 18.2. The molecule has 0 radical (unpaired) electrons. The lowest BCUT2D eigenvalue weighted by atomic mass is 10.1. The van der Waals surface area contributed by atoms with Crippen LogP contribution in [0.15, 0.2) is 72.9 Å². The molecule has 0 spiro atoms. The highest BCUT2D eigenvalue weighted by Crippen LogP contribution is 2.39. The molecule has 7 heteroatoms. The van der Waals surface area contributed by atoms with Gasteiger partial charge in [-0.3, -0.25) is 13.9 Å². The maximum absolute atomic E-state index is 13.0. The van der Waals surface area contributed by atoms with E-state index >= 15 is 0 Å². The molecule has 2 aromatic carbocycles. The number of nitrogens with one attached hydrogen (secondary N) is 1. The number of carbonyl (C=O) groups excluding carboxylic acids is 1. The summed E-state index contributed by atoms with van der Waals surface area (Å²) in [4.78, 5) is 13.0.